The molecule has 1 aliphatic carbocycles. The van der Waals surface area contributed by atoms with Gasteiger partial charge >= 0.3 is 12.5 Å². The van der Waals surface area contributed by atoms with Crippen molar-refractivity contribution in [3.05, 3.63) is 53.6 Å². The zero-order valence-electron chi connectivity index (χ0n) is 19.3. The lowest BCUT2D eigenvalue weighted by Crippen LogP contribution is -2.53. The smallest absolute Gasteiger partial charge is 0.445 e. The minimum Gasteiger partial charge on any atom is -0.445 e. The third-order valence-electron chi connectivity index (χ3n) is 7.42. The van der Waals surface area contributed by atoms with E-state index in [1.165, 1.54) is 12.1 Å². The number of carbonyl (C=O) groups excluding carboxylic acids is 1. The lowest BCUT2D eigenvalue weighted by molar-refractivity contribution is -0.274. The van der Waals surface area contributed by atoms with Gasteiger partial charge in [-0.2, -0.15) is 0 Å². The van der Waals surface area contributed by atoms with E-state index in [2.05, 4.69) is 34.9 Å². The molecule has 8 heteroatoms. The van der Waals surface area contributed by atoms with Crippen LogP contribution in [0.2, 0.25) is 0 Å². The van der Waals surface area contributed by atoms with E-state index in [9.17, 15) is 18.0 Å². The Morgan fingerprint density at radius 3 is 2.35 bits per heavy atom. The molecule has 2 bridgehead atoms. The van der Waals surface area contributed by atoms with Crippen LogP contribution in [0.1, 0.15) is 43.9 Å². The van der Waals surface area contributed by atoms with Gasteiger partial charge in [-0.15, -0.1) is 13.2 Å². The van der Waals surface area contributed by atoms with Gasteiger partial charge in [0.1, 0.15) is 11.9 Å². The summed E-state index contributed by atoms with van der Waals surface area (Å²) in [7, 11) is 0. The second-order valence-corrected chi connectivity index (χ2v) is 10.3. The van der Waals surface area contributed by atoms with E-state index in [0.717, 1.165) is 61.2 Å². The van der Waals surface area contributed by atoms with Crippen molar-refractivity contribution in [3.63, 3.8) is 0 Å². The van der Waals surface area contributed by atoms with Crippen LogP contribution in [0.3, 0.4) is 0 Å². The summed E-state index contributed by atoms with van der Waals surface area (Å²) in [6.07, 6.45) is -2.18. The molecule has 5 nitrogen and oxygen atoms in total. The molecule has 6 rings (SSSR count). The van der Waals surface area contributed by atoms with Gasteiger partial charge in [0.25, 0.3) is 0 Å². The van der Waals surface area contributed by atoms with Gasteiger partial charge in [-0.1, -0.05) is 44.2 Å². The molecule has 0 spiro atoms. The molecule has 2 aromatic rings. The van der Waals surface area contributed by atoms with Gasteiger partial charge in [0.15, 0.2) is 0 Å². The number of alkyl carbamates (subject to hydrolysis) is 1. The molecule has 182 valence electrons. The Labute approximate surface area is 197 Å². The Bertz CT molecular complexity index is 1060. The van der Waals surface area contributed by atoms with Gasteiger partial charge in [0.2, 0.25) is 0 Å². The fourth-order valence-electron chi connectivity index (χ4n) is 5.69. The summed E-state index contributed by atoms with van der Waals surface area (Å²) in [5.74, 6) is 0.208. The summed E-state index contributed by atoms with van der Waals surface area (Å²) in [5, 5.41) is 3.12. The van der Waals surface area contributed by atoms with Gasteiger partial charge in [0.05, 0.1) is 6.04 Å². The van der Waals surface area contributed by atoms with Crippen LogP contribution in [-0.4, -0.2) is 43.1 Å². The van der Waals surface area contributed by atoms with Crippen molar-refractivity contribution in [1.82, 2.24) is 10.2 Å². The molecule has 34 heavy (non-hydrogen) atoms. The van der Waals surface area contributed by atoms with Crippen LogP contribution in [-0.2, 0) is 11.2 Å². The van der Waals surface area contributed by atoms with Crippen LogP contribution in [0, 0.1) is 11.3 Å². The predicted octanol–water partition coefficient (Wildman–Crippen LogP) is 5.70. The van der Waals surface area contributed by atoms with Crippen molar-refractivity contribution in [2.45, 2.75) is 51.6 Å². The van der Waals surface area contributed by atoms with Crippen LogP contribution in [0.25, 0.3) is 11.1 Å². The number of hydrogen-bond acceptors (Lipinski definition) is 4. The lowest BCUT2D eigenvalue weighted by Gasteiger charge is -2.44. The average Bonchev–Trinajstić information content (AvgIpc) is 3.02. The average molecular weight is 475 g/mol. The van der Waals surface area contributed by atoms with Crippen LogP contribution in [0.4, 0.5) is 18.0 Å². The van der Waals surface area contributed by atoms with Crippen molar-refractivity contribution >= 4 is 6.09 Å². The fourth-order valence-corrected chi connectivity index (χ4v) is 5.69. The summed E-state index contributed by atoms with van der Waals surface area (Å²) in [4.78, 5) is 15.2. The van der Waals surface area contributed by atoms with Gasteiger partial charge in [-0.05, 0) is 78.1 Å². The molecule has 2 aromatic carbocycles. The molecule has 0 radical (unpaired) electrons. The van der Waals surface area contributed by atoms with Crippen LogP contribution in [0.5, 0.6) is 5.75 Å². The van der Waals surface area contributed by atoms with E-state index in [1.54, 1.807) is 12.1 Å². The van der Waals surface area contributed by atoms with E-state index in [4.69, 9.17) is 4.74 Å². The summed E-state index contributed by atoms with van der Waals surface area (Å²) in [6, 6.07) is 11.7. The van der Waals surface area contributed by atoms with Gasteiger partial charge in [0, 0.05) is 6.54 Å². The number of amides is 1. The van der Waals surface area contributed by atoms with Crippen molar-refractivity contribution in [1.29, 1.82) is 0 Å². The van der Waals surface area contributed by atoms with Gasteiger partial charge in [-0.25, -0.2) is 4.79 Å². The number of nitrogens with zero attached hydrogens (tertiary/aromatic N) is 1. The van der Waals surface area contributed by atoms with E-state index >= 15 is 0 Å². The van der Waals surface area contributed by atoms with Crippen molar-refractivity contribution < 1.29 is 27.4 Å². The molecule has 3 aliphatic heterocycles. The quantitative estimate of drug-likeness (QED) is 0.618. The normalized spacial score (nSPS) is 27.2. The highest BCUT2D eigenvalue weighted by molar-refractivity contribution is 5.70. The molecule has 3 fully saturated rings. The second kappa shape index (κ2) is 8.48. The third kappa shape index (κ3) is 4.73. The van der Waals surface area contributed by atoms with Crippen LogP contribution in [0.15, 0.2) is 42.5 Å². The summed E-state index contributed by atoms with van der Waals surface area (Å²) in [6.45, 7) is 7.24. The maximum Gasteiger partial charge on any atom is 0.573 e. The summed E-state index contributed by atoms with van der Waals surface area (Å²) in [5.41, 5.74) is 3.68. The Morgan fingerprint density at radius 1 is 1.06 bits per heavy atom. The molecule has 3 heterocycles. The SMILES string of the molecule is CC1(C)Cc2cc(-c3ccc(OC(F)(F)F)cc3)ccc2C1NC(=O)O[C@H]1CN2CCC1CC2. The number of nitrogens with one attached hydrogen (secondary N) is 1. The standard InChI is InChI=1S/C26H29F3N2O3/c1-25(2)14-19-13-18(16-3-6-20(7-4-16)34-26(27,28)29)5-8-21(19)23(25)30-24(32)33-22-15-31-11-9-17(22)10-12-31/h3-8,13,17,22-23H,9-12,14-15H2,1-2H3,(H,30,32)/t22-,23?/m0/s1. The molecule has 1 amide bonds. The number of benzene rings is 2. The molecule has 2 atom stereocenters. The number of hydrogen-bond donors (Lipinski definition) is 1. The van der Waals surface area contributed by atoms with Crippen LogP contribution < -0.4 is 10.1 Å². The molecule has 4 aliphatic rings. The fraction of sp³-hybridized carbons (Fsp3) is 0.500. The maximum atomic E-state index is 12.8. The first kappa shape index (κ1) is 23.0. The van der Waals surface area contributed by atoms with E-state index < -0.39 is 6.36 Å². The highest BCUT2D eigenvalue weighted by Crippen LogP contribution is 2.46. The van der Waals surface area contributed by atoms with E-state index in [0.29, 0.717) is 5.92 Å². The summed E-state index contributed by atoms with van der Waals surface area (Å²) >= 11 is 0. The highest BCUT2D eigenvalue weighted by atomic mass is 19.4. The van der Waals surface area contributed by atoms with Crippen molar-refractivity contribution in [3.8, 4) is 16.9 Å². The van der Waals surface area contributed by atoms with E-state index in [-0.39, 0.29) is 29.4 Å². The molecule has 1 N–H and O–H groups in total. The summed E-state index contributed by atoms with van der Waals surface area (Å²) < 4.78 is 47.1. The highest BCUT2D eigenvalue weighted by Gasteiger charge is 2.42. The van der Waals surface area contributed by atoms with Crippen molar-refractivity contribution in [2.75, 3.05) is 19.6 Å². The second-order valence-electron chi connectivity index (χ2n) is 10.3. The molecule has 1 unspecified atom stereocenters. The number of rotatable bonds is 4. The lowest BCUT2D eigenvalue weighted by atomic mass is 9.85. The Kier molecular flexibility index (Phi) is 5.74. The number of halogens is 3. The zero-order chi connectivity index (χ0) is 24.1. The topological polar surface area (TPSA) is 50.8 Å². The number of carbonyl (C=O) groups is 1. The Hall–Kier alpha value is -2.74. The first-order chi connectivity index (χ1) is 16.1. The molecule has 0 saturated carbocycles. The maximum absolute atomic E-state index is 12.8. The van der Waals surface area contributed by atoms with Crippen LogP contribution >= 0.6 is 0 Å². The number of piperidine rings is 3. The first-order valence-electron chi connectivity index (χ1n) is 11.8. The molecular weight excluding hydrogens is 445 g/mol. The van der Waals surface area contributed by atoms with E-state index in [1.807, 2.05) is 12.1 Å². The molecule has 3 saturated heterocycles. The minimum absolute atomic E-state index is 0.0434. The molecular formula is C26H29F3N2O3. The minimum atomic E-state index is -4.71. The monoisotopic (exact) mass is 474 g/mol. The number of alkyl halides is 3. The Morgan fingerprint density at radius 2 is 1.74 bits per heavy atom. The van der Waals surface area contributed by atoms with Gasteiger partial charge in [-0.3, -0.25) is 4.90 Å². The third-order valence-corrected chi connectivity index (χ3v) is 7.42. The number of fused-ring (bicyclic) bond motifs is 4. The number of ether oxygens (including phenoxy) is 2. The predicted molar refractivity (Wildman–Crippen MR) is 121 cm³/mol. The molecule has 0 aromatic heterocycles. The largest absolute Gasteiger partial charge is 0.573 e. The van der Waals surface area contributed by atoms with Gasteiger partial charge < -0.3 is 14.8 Å². The first-order valence-corrected chi connectivity index (χ1v) is 11.8. The Balaban J connectivity index is 1.29. The zero-order valence-corrected chi connectivity index (χ0v) is 19.3. The van der Waals surface area contributed by atoms with Crippen molar-refractivity contribution in [2.24, 2.45) is 11.3 Å².